The van der Waals surface area contributed by atoms with Gasteiger partial charge in [0.05, 0.1) is 0 Å². The first-order valence-corrected chi connectivity index (χ1v) is 4.93. The Bertz CT molecular complexity index is 320. The smallest absolute Gasteiger partial charge is 0.0344 e. The summed E-state index contributed by atoms with van der Waals surface area (Å²) in [6, 6.07) is 8.30. The van der Waals surface area contributed by atoms with Gasteiger partial charge in [0.25, 0.3) is 0 Å². The van der Waals surface area contributed by atoms with E-state index in [0.717, 1.165) is 5.56 Å². The second-order valence-electron chi connectivity index (χ2n) is 4.72. The number of hydrogen-bond acceptors (Lipinski definition) is 1. The number of benzene rings is 1. The Kier molecular flexibility index (Phi) is 3.12. The van der Waals surface area contributed by atoms with E-state index in [9.17, 15) is 0 Å². The molecule has 2 N–H and O–H groups in total. The van der Waals surface area contributed by atoms with Gasteiger partial charge in [0.1, 0.15) is 0 Å². The molecule has 14 heavy (non-hydrogen) atoms. The molecular formula is C13H19N. The Labute approximate surface area is 86.6 Å². The van der Waals surface area contributed by atoms with Gasteiger partial charge in [-0.3, -0.25) is 0 Å². The second kappa shape index (κ2) is 3.97. The van der Waals surface area contributed by atoms with E-state index in [1.54, 1.807) is 0 Å². The fraction of sp³-hybridized carbons (Fsp3) is 0.385. The lowest BCUT2D eigenvalue weighted by Crippen LogP contribution is -2.26. The molecule has 1 heteroatoms. The van der Waals surface area contributed by atoms with Gasteiger partial charge in [0.2, 0.25) is 0 Å². The van der Waals surface area contributed by atoms with Gasteiger partial charge in [-0.2, -0.15) is 0 Å². The average molecular weight is 189 g/mol. The van der Waals surface area contributed by atoms with E-state index in [1.807, 2.05) is 18.2 Å². The summed E-state index contributed by atoms with van der Waals surface area (Å²) in [5.41, 5.74) is 8.56. The van der Waals surface area contributed by atoms with Crippen molar-refractivity contribution in [1.82, 2.24) is 0 Å². The van der Waals surface area contributed by atoms with Crippen LogP contribution in [-0.4, -0.2) is 0 Å². The molecule has 0 radical (unpaired) electrons. The van der Waals surface area contributed by atoms with Crippen LogP contribution < -0.4 is 5.73 Å². The first-order chi connectivity index (χ1) is 6.45. The Morgan fingerprint density at radius 2 is 2.00 bits per heavy atom. The number of hydrogen-bond donors (Lipinski definition) is 1. The fourth-order valence-corrected chi connectivity index (χ4v) is 1.38. The van der Waals surface area contributed by atoms with Crippen LogP contribution in [0.25, 0.3) is 6.08 Å². The average Bonchev–Trinajstić information content (AvgIpc) is 2.15. The van der Waals surface area contributed by atoms with E-state index in [1.165, 1.54) is 5.56 Å². The first-order valence-electron chi connectivity index (χ1n) is 4.93. The van der Waals surface area contributed by atoms with Crippen LogP contribution in [0.3, 0.4) is 0 Å². The van der Waals surface area contributed by atoms with Crippen LogP contribution in [0.5, 0.6) is 0 Å². The summed E-state index contributed by atoms with van der Waals surface area (Å²) >= 11 is 0. The second-order valence-corrected chi connectivity index (χ2v) is 4.72. The molecule has 1 nitrogen and oxygen atoms in total. The van der Waals surface area contributed by atoms with Crippen LogP contribution in [0.15, 0.2) is 30.8 Å². The summed E-state index contributed by atoms with van der Waals surface area (Å²) in [5, 5.41) is 0. The van der Waals surface area contributed by atoms with Crippen molar-refractivity contribution < 1.29 is 0 Å². The highest BCUT2D eigenvalue weighted by molar-refractivity contribution is 5.48. The zero-order valence-electron chi connectivity index (χ0n) is 9.25. The lowest BCUT2D eigenvalue weighted by molar-refractivity contribution is 0.327. The molecule has 0 aliphatic rings. The Morgan fingerprint density at radius 1 is 1.36 bits per heavy atom. The normalized spacial score (nSPS) is 13.7. The Hall–Kier alpha value is -1.08. The van der Waals surface area contributed by atoms with Gasteiger partial charge in [-0.1, -0.05) is 57.7 Å². The SMILES string of the molecule is C=Cc1cccc([C@@H](N)C(C)(C)C)c1. The minimum absolute atomic E-state index is 0.0717. The molecule has 1 rings (SSSR count). The van der Waals surface area contributed by atoms with E-state index in [4.69, 9.17) is 5.73 Å². The standard InChI is InChI=1S/C13H19N/c1-5-10-7-6-8-11(9-10)12(14)13(2,3)4/h5-9,12H,1,14H2,2-4H3/t12-/m1/s1. The molecule has 0 heterocycles. The van der Waals surface area contributed by atoms with Crippen molar-refractivity contribution in [2.45, 2.75) is 26.8 Å². The molecule has 0 amide bonds. The van der Waals surface area contributed by atoms with E-state index < -0.39 is 0 Å². The van der Waals surface area contributed by atoms with Gasteiger partial charge >= 0.3 is 0 Å². The largest absolute Gasteiger partial charge is 0.324 e. The molecule has 0 bridgehead atoms. The van der Waals surface area contributed by atoms with Crippen LogP contribution in [0.2, 0.25) is 0 Å². The molecule has 0 saturated carbocycles. The molecule has 1 aromatic rings. The molecule has 1 aromatic carbocycles. The van der Waals surface area contributed by atoms with Crippen LogP contribution in [-0.2, 0) is 0 Å². The first kappa shape index (κ1) is 11.0. The lowest BCUT2D eigenvalue weighted by atomic mass is 9.83. The molecule has 0 aromatic heterocycles. The maximum atomic E-state index is 6.16. The highest BCUT2D eigenvalue weighted by Crippen LogP contribution is 2.30. The highest BCUT2D eigenvalue weighted by atomic mass is 14.7. The van der Waals surface area contributed by atoms with Gasteiger partial charge < -0.3 is 5.73 Å². The lowest BCUT2D eigenvalue weighted by Gasteiger charge is -2.27. The topological polar surface area (TPSA) is 26.0 Å². The molecule has 0 aliphatic heterocycles. The van der Waals surface area contributed by atoms with Crippen molar-refractivity contribution in [2.24, 2.45) is 11.1 Å². The monoisotopic (exact) mass is 189 g/mol. The molecule has 0 spiro atoms. The van der Waals surface area contributed by atoms with E-state index >= 15 is 0 Å². The van der Waals surface area contributed by atoms with Crippen LogP contribution in [0, 0.1) is 5.41 Å². The quantitative estimate of drug-likeness (QED) is 0.758. The van der Waals surface area contributed by atoms with Gasteiger partial charge in [-0.25, -0.2) is 0 Å². The van der Waals surface area contributed by atoms with Gasteiger partial charge in [0, 0.05) is 6.04 Å². The number of rotatable bonds is 2. The van der Waals surface area contributed by atoms with Crippen molar-refractivity contribution in [2.75, 3.05) is 0 Å². The molecular weight excluding hydrogens is 170 g/mol. The highest BCUT2D eigenvalue weighted by Gasteiger charge is 2.21. The summed E-state index contributed by atoms with van der Waals surface area (Å²) in [5.74, 6) is 0. The zero-order valence-corrected chi connectivity index (χ0v) is 9.25. The third kappa shape index (κ3) is 2.46. The van der Waals surface area contributed by atoms with E-state index in [0.29, 0.717) is 0 Å². The van der Waals surface area contributed by atoms with Crippen molar-refractivity contribution in [3.63, 3.8) is 0 Å². The summed E-state index contributed by atoms with van der Waals surface area (Å²) in [6.07, 6.45) is 1.85. The van der Waals surface area contributed by atoms with Gasteiger partial charge in [-0.05, 0) is 16.5 Å². The maximum absolute atomic E-state index is 6.16. The van der Waals surface area contributed by atoms with Crippen molar-refractivity contribution in [3.8, 4) is 0 Å². The van der Waals surface area contributed by atoms with Crippen LogP contribution in [0.4, 0.5) is 0 Å². The minimum Gasteiger partial charge on any atom is -0.324 e. The Morgan fingerprint density at radius 3 is 2.50 bits per heavy atom. The third-order valence-corrected chi connectivity index (χ3v) is 2.44. The van der Waals surface area contributed by atoms with E-state index in [2.05, 4.69) is 39.5 Å². The molecule has 0 fully saturated rings. The van der Waals surface area contributed by atoms with Gasteiger partial charge in [0.15, 0.2) is 0 Å². The summed E-state index contributed by atoms with van der Waals surface area (Å²) in [4.78, 5) is 0. The predicted molar refractivity (Wildman–Crippen MR) is 62.9 cm³/mol. The van der Waals surface area contributed by atoms with Gasteiger partial charge in [-0.15, -0.1) is 0 Å². The van der Waals surface area contributed by atoms with E-state index in [-0.39, 0.29) is 11.5 Å². The summed E-state index contributed by atoms with van der Waals surface area (Å²) in [6.45, 7) is 10.2. The summed E-state index contributed by atoms with van der Waals surface area (Å²) in [7, 11) is 0. The Balaban J connectivity index is 3.01. The maximum Gasteiger partial charge on any atom is 0.0344 e. The van der Waals surface area contributed by atoms with Crippen LogP contribution >= 0.6 is 0 Å². The molecule has 76 valence electrons. The molecule has 0 unspecified atom stereocenters. The zero-order chi connectivity index (χ0) is 10.8. The van der Waals surface area contributed by atoms with Crippen molar-refractivity contribution in [1.29, 1.82) is 0 Å². The minimum atomic E-state index is 0.0717. The molecule has 0 aliphatic carbocycles. The molecule has 1 atom stereocenters. The summed E-state index contributed by atoms with van der Waals surface area (Å²) < 4.78 is 0. The predicted octanol–water partition coefficient (Wildman–Crippen LogP) is 3.38. The van der Waals surface area contributed by atoms with Crippen molar-refractivity contribution in [3.05, 3.63) is 42.0 Å². The fourth-order valence-electron chi connectivity index (χ4n) is 1.38. The van der Waals surface area contributed by atoms with Crippen molar-refractivity contribution >= 4 is 6.08 Å². The third-order valence-electron chi connectivity index (χ3n) is 2.44. The van der Waals surface area contributed by atoms with Crippen LogP contribution in [0.1, 0.15) is 37.9 Å². The molecule has 0 saturated heterocycles. The number of nitrogens with two attached hydrogens (primary N) is 1.